The van der Waals surface area contributed by atoms with E-state index >= 15 is 0 Å². The Morgan fingerprint density at radius 2 is 1.82 bits per heavy atom. The van der Waals surface area contributed by atoms with Crippen molar-refractivity contribution >= 4 is 24.1 Å². The number of hydrogen-bond acceptors (Lipinski definition) is 4. The second-order valence-electron chi connectivity index (χ2n) is 5.63. The van der Waals surface area contributed by atoms with E-state index in [2.05, 4.69) is 14.8 Å². The molecular weight excluding hydrogens is 286 g/mol. The highest BCUT2D eigenvalue weighted by atomic mass is 16.6. The topological polar surface area (TPSA) is 109 Å². The van der Waals surface area contributed by atoms with Gasteiger partial charge >= 0.3 is 18.3 Å². The third-order valence-corrected chi connectivity index (χ3v) is 2.79. The van der Waals surface area contributed by atoms with E-state index in [1.165, 1.54) is 12.1 Å². The first-order valence-corrected chi connectivity index (χ1v) is 6.54. The Balaban J connectivity index is 2.78. The van der Waals surface area contributed by atoms with Crippen LogP contribution in [0.2, 0.25) is 0 Å². The summed E-state index contributed by atoms with van der Waals surface area (Å²) in [5.41, 5.74) is 7.99. The van der Waals surface area contributed by atoms with Crippen LogP contribution in [0.15, 0.2) is 30.3 Å². The van der Waals surface area contributed by atoms with Gasteiger partial charge in [0.05, 0.1) is 5.56 Å². The molecule has 0 aliphatic heterocycles. The van der Waals surface area contributed by atoms with Crippen LogP contribution in [0, 0.1) is 5.41 Å². The van der Waals surface area contributed by atoms with E-state index in [1.807, 2.05) is 0 Å². The molecule has 0 saturated carbocycles. The SMILES string of the molecule is CC(C)(C)[C@@H](NC(=O)OC(=O)c1ccccc1)C(=O)C=[N+]=[N-]. The van der Waals surface area contributed by atoms with Gasteiger partial charge in [-0.3, -0.25) is 4.79 Å². The highest BCUT2D eigenvalue weighted by molar-refractivity contribution is 6.28. The Hall–Kier alpha value is -2.79. The molecule has 1 aromatic rings. The molecule has 0 unspecified atom stereocenters. The lowest BCUT2D eigenvalue weighted by molar-refractivity contribution is -0.120. The minimum atomic E-state index is -1.05. The van der Waals surface area contributed by atoms with E-state index in [1.54, 1.807) is 39.0 Å². The molecule has 0 aliphatic rings. The van der Waals surface area contributed by atoms with Crippen LogP contribution in [0.5, 0.6) is 0 Å². The molecule has 0 aromatic heterocycles. The first-order chi connectivity index (χ1) is 10.3. The lowest BCUT2D eigenvalue weighted by Crippen LogP contribution is -2.50. The quantitative estimate of drug-likeness (QED) is 0.301. The average Bonchev–Trinajstić information content (AvgIpc) is 2.44. The van der Waals surface area contributed by atoms with Crippen LogP contribution in [0.25, 0.3) is 5.53 Å². The molecule has 0 spiro atoms. The number of ketones is 1. The number of ether oxygens (including phenoxy) is 1. The molecule has 1 amide bonds. The highest BCUT2D eigenvalue weighted by Crippen LogP contribution is 2.19. The van der Waals surface area contributed by atoms with Crippen molar-refractivity contribution in [2.75, 3.05) is 0 Å². The zero-order valence-electron chi connectivity index (χ0n) is 12.6. The van der Waals surface area contributed by atoms with Crippen molar-refractivity contribution in [1.29, 1.82) is 0 Å². The summed E-state index contributed by atoms with van der Waals surface area (Å²) in [5, 5.41) is 2.31. The monoisotopic (exact) mass is 303 g/mol. The number of esters is 1. The lowest BCUT2D eigenvalue weighted by Gasteiger charge is -2.27. The van der Waals surface area contributed by atoms with Crippen LogP contribution in [0.4, 0.5) is 4.79 Å². The fourth-order valence-electron chi connectivity index (χ4n) is 1.71. The third-order valence-electron chi connectivity index (χ3n) is 2.79. The minimum absolute atomic E-state index is 0.216. The number of amides is 1. The average molecular weight is 303 g/mol. The van der Waals surface area contributed by atoms with Crippen molar-refractivity contribution in [3.05, 3.63) is 41.4 Å². The van der Waals surface area contributed by atoms with Gasteiger partial charge in [-0.15, -0.1) is 0 Å². The minimum Gasteiger partial charge on any atom is -0.373 e. The Morgan fingerprint density at radius 1 is 1.23 bits per heavy atom. The van der Waals surface area contributed by atoms with Crippen LogP contribution in [-0.2, 0) is 9.53 Å². The largest absolute Gasteiger partial charge is 0.415 e. The number of carbonyl (C=O) groups is 3. The van der Waals surface area contributed by atoms with E-state index in [-0.39, 0.29) is 5.56 Å². The molecule has 0 saturated heterocycles. The zero-order chi connectivity index (χ0) is 16.8. The molecule has 1 rings (SSSR count). The van der Waals surface area contributed by atoms with Gasteiger partial charge in [0.1, 0.15) is 6.04 Å². The Kier molecular flexibility index (Phi) is 5.72. The van der Waals surface area contributed by atoms with E-state index in [4.69, 9.17) is 5.53 Å². The summed E-state index contributed by atoms with van der Waals surface area (Å²) in [4.78, 5) is 38.0. The van der Waals surface area contributed by atoms with Gasteiger partial charge in [0.2, 0.25) is 0 Å². The van der Waals surface area contributed by atoms with E-state index < -0.39 is 29.3 Å². The van der Waals surface area contributed by atoms with Crippen LogP contribution < -0.4 is 5.32 Å². The summed E-state index contributed by atoms with van der Waals surface area (Å²) >= 11 is 0. The molecule has 0 bridgehead atoms. The first kappa shape index (κ1) is 17.3. The zero-order valence-corrected chi connectivity index (χ0v) is 12.6. The third kappa shape index (κ3) is 4.96. The number of benzene rings is 1. The second kappa shape index (κ2) is 7.28. The number of nitrogens with zero attached hydrogens (tertiary/aromatic N) is 2. The summed E-state index contributed by atoms with van der Waals surface area (Å²) in [6.45, 7) is 5.13. The maximum absolute atomic E-state index is 11.8. The summed E-state index contributed by atoms with van der Waals surface area (Å²) in [7, 11) is 0. The second-order valence-corrected chi connectivity index (χ2v) is 5.63. The van der Waals surface area contributed by atoms with E-state index in [9.17, 15) is 14.4 Å². The molecular formula is C15H17N3O4. The van der Waals surface area contributed by atoms with Crippen molar-refractivity contribution < 1.29 is 23.9 Å². The maximum atomic E-state index is 11.8. The Labute approximate surface area is 127 Å². The number of Topliss-reactive ketones (excluding diaryl/α,β-unsaturated/α-hetero) is 1. The number of alkyl carbamates (subject to hydrolysis) is 1. The first-order valence-electron chi connectivity index (χ1n) is 6.54. The van der Waals surface area contributed by atoms with Gasteiger partial charge in [0.15, 0.2) is 0 Å². The predicted molar refractivity (Wildman–Crippen MR) is 78.3 cm³/mol. The van der Waals surface area contributed by atoms with Crippen molar-refractivity contribution in [3.8, 4) is 0 Å². The number of nitrogens with one attached hydrogen (secondary N) is 1. The van der Waals surface area contributed by atoms with Crippen molar-refractivity contribution in [1.82, 2.24) is 5.32 Å². The Bertz CT molecular complexity index is 613. The predicted octanol–water partition coefficient (Wildman–Crippen LogP) is 1.84. The summed E-state index contributed by atoms with van der Waals surface area (Å²) in [5.74, 6) is -1.44. The van der Waals surface area contributed by atoms with Gasteiger partial charge in [-0.05, 0) is 17.5 Å². The summed E-state index contributed by atoms with van der Waals surface area (Å²) < 4.78 is 4.64. The van der Waals surface area contributed by atoms with Crippen molar-refractivity contribution in [2.45, 2.75) is 26.8 Å². The molecule has 7 nitrogen and oxygen atoms in total. The van der Waals surface area contributed by atoms with E-state index in [0.717, 1.165) is 0 Å². The van der Waals surface area contributed by atoms with Crippen LogP contribution in [0.3, 0.4) is 0 Å². The summed E-state index contributed by atoms with van der Waals surface area (Å²) in [6, 6.07) is 6.99. The number of carbonyl (C=O) groups excluding carboxylic acids is 3. The molecule has 22 heavy (non-hydrogen) atoms. The van der Waals surface area contributed by atoms with E-state index in [0.29, 0.717) is 6.21 Å². The van der Waals surface area contributed by atoms with Crippen molar-refractivity contribution in [2.24, 2.45) is 5.41 Å². The van der Waals surface area contributed by atoms with Gasteiger partial charge in [-0.1, -0.05) is 39.0 Å². The molecule has 0 fully saturated rings. The maximum Gasteiger partial charge on any atom is 0.415 e. The standard InChI is InChI=1S/C15H17N3O4/c1-15(2,3)12(11(19)9-17-16)18-14(21)22-13(20)10-7-5-4-6-8-10/h4-9,12H,1-3H3,(H,18,21)/t12-/m0/s1. The fourth-order valence-corrected chi connectivity index (χ4v) is 1.71. The van der Waals surface area contributed by atoms with Gasteiger partial charge in [0, 0.05) is 0 Å². The number of hydrogen-bond donors (Lipinski definition) is 1. The normalized spacial score (nSPS) is 11.8. The lowest BCUT2D eigenvalue weighted by atomic mass is 9.84. The van der Waals surface area contributed by atoms with Crippen LogP contribution in [0.1, 0.15) is 31.1 Å². The van der Waals surface area contributed by atoms with Crippen LogP contribution in [-0.4, -0.2) is 34.9 Å². The Morgan fingerprint density at radius 3 is 2.32 bits per heavy atom. The molecule has 116 valence electrons. The molecule has 7 heteroatoms. The van der Waals surface area contributed by atoms with Crippen LogP contribution >= 0.6 is 0 Å². The molecule has 0 radical (unpaired) electrons. The number of rotatable bonds is 4. The highest BCUT2D eigenvalue weighted by Gasteiger charge is 2.34. The fraction of sp³-hybridized carbons (Fsp3) is 0.333. The molecule has 1 atom stereocenters. The molecule has 1 aromatic carbocycles. The smallest absolute Gasteiger partial charge is 0.373 e. The van der Waals surface area contributed by atoms with Gasteiger partial charge in [-0.2, -0.15) is 4.79 Å². The van der Waals surface area contributed by atoms with Gasteiger partial charge in [0.25, 0.3) is 5.78 Å². The summed E-state index contributed by atoms with van der Waals surface area (Å²) in [6.07, 6.45) is -0.358. The molecule has 1 N–H and O–H groups in total. The molecule has 0 heterocycles. The van der Waals surface area contributed by atoms with Gasteiger partial charge < -0.3 is 15.6 Å². The van der Waals surface area contributed by atoms with Gasteiger partial charge in [-0.25, -0.2) is 9.59 Å². The molecule has 0 aliphatic carbocycles. The van der Waals surface area contributed by atoms with Crippen molar-refractivity contribution in [3.63, 3.8) is 0 Å².